The Labute approximate surface area is 173 Å². The summed E-state index contributed by atoms with van der Waals surface area (Å²) in [6.07, 6.45) is 3.37. The van der Waals surface area contributed by atoms with Crippen LogP contribution in [-0.2, 0) is 16.9 Å². The van der Waals surface area contributed by atoms with Crippen molar-refractivity contribution in [2.45, 2.75) is 45.2 Å². The molecule has 30 heavy (non-hydrogen) atoms. The van der Waals surface area contributed by atoms with E-state index in [1.54, 1.807) is 0 Å². The number of amidine groups is 1. The average Bonchev–Trinajstić information content (AvgIpc) is 3.26. The van der Waals surface area contributed by atoms with Crippen LogP contribution in [-0.4, -0.2) is 61.2 Å². The minimum Gasteiger partial charge on any atom is -0.390 e. The molecular formula is C21H25N7O2. The zero-order valence-electron chi connectivity index (χ0n) is 17.3. The number of likely N-dealkylation sites (tertiary alicyclic amines) is 1. The third-order valence-electron chi connectivity index (χ3n) is 6.30. The second-order valence-electron chi connectivity index (χ2n) is 8.86. The van der Waals surface area contributed by atoms with Gasteiger partial charge in [0, 0.05) is 43.0 Å². The van der Waals surface area contributed by atoms with Crippen molar-refractivity contribution in [3.05, 3.63) is 41.1 Å². The van der Waals surface area contributed by atoms with E-state index in [4.69, 9.17) is 14.7 Å². The summed E-state index contributed by atoms with van der Waals surface area (Å²) in [6.45, 7) is 8.73. The summed E-state index contributed by atoms with van der Waals surface area (Å²) in [5.74, 6) is 2.54. The number of aromatic amines is 1. The van der Waals surface area contributed by atoms with Gasteiger partial charge in [0.1, 0.15) is 34.8 Å². The predicted molar refractivity (Wildman–Crippen MR) is 112 cm³/mol. The molecule has 3 aromatic heterocycles. The maximum absolute atomic E-state index is 9.89. The zero-order valence-corrected chi connectivity index (χ0v) is 17.3. The summed E-state index contributed by atoms with van der Waals surface area (Å²) < 4.78 is 8.14. The van der Waals surface area contributed by atoms with Crippen molar-refractivity contribution in [3.8, 4) is 0 Å². The Bertz CT molecular complexity index is 1190. The maximum atomic E-state index is 9.89. The number of pyridine rings is 1. The molecule has 1 unspecified atom stereocenters. The summed E-state index contributed by atoms with van der Waals surface area (Å²) in [6, 6.07) is 2.12. The highest BCUT2D eigenvalue weighted by atomic mass is 16.5. The minimum atomic E-state index is -0.465. The number of hydrogen-bond donors (Lipinski definition) is 3. The summed E-state index contributed by atoms with van der Waals surface area (Å²) in [5, 5.41) is 14.5. The number of ether oxygens (including phenoxy) is 1. The molecule has 3 N–H and O–H groups in total. The van der Waals surface area contributed by atoms with E-state index in [0.717, 1.165) is 51.9 Å². The van der Waals surface area contributed by atoms with E-state index in [9.17, 15) is 5.11 Å². The lowest BCUT2D eigenvalue weighted by Crippen LogP contribution is -2.57. The Balaban J connectivity index is 1.50. The van der Waals surface area contributed by atoms with Gasteiger partial charge in [-0.15, -0.1) is 0 Å². The fraction of sp³-hybridized carbons (Fsp3) is 0.476. The van der Waals surface area contributed by atoms with Crippen LogP contribution in [0.25, 0.3) is 11.0 Å². The van der Waals surface area contributed by atoms with Gasteiger partial charge in [-0.05, 0) is 32.4 Å². The van der Waals surface area contributed by atoms with Crippen LogP contribution in [0.3, 0.4) is 0 Å². The van der Waals surface area contributed by atoms with Crippen molar-refractivity contribution in [3.63, 3.8) is 0 Å². The van der Waals surface area contributed by atoms with Gasteiger partial charge in [-0.3, -0.25) is 4.90 Å². The topological polar surface area (TPSA) is 104 Å². The SMILES string of the molecule is Cc1c[nH]c2ncc(C3=Nc4c(nc5n4CCOC5(C)C)C(N4CC(O)C4)N3)cc12. The van der Waals surface area contributed by atoms with Gasteiger partial charge in [0.25, 0.3) is 0 Å². The first kappa shape index (κ1) is 18.1. The van der Waals surface area contributed by atoms with Crippen molar-refractivity contribution in [2.75, 3.05) is 19.7 Å². The number of aliphatic imine (C=N–C) groups is 1. The predicted octanol–water partition coefficient (Wildman–Crippen LogP) is 1.69. The van der Waals surface area contributed by atoms with Crippen molar-refractivity contribution < 1.29 is 9.84 Å². The molecule has 3 aliphatic heterocycles. The highest BCUT2D eigenvalue weighted by molar-refractivity contribution is 6.03. The monoisotopic (exact) mass is 407 g/mol. The molecule has 9 nitrogen and oxygen atoms in total. The standard InChI is InChI=1S/C21H25N7O2/c1-11-7-22-17-14(11)6-12(8-23-17)16-25-18(27-9-13(29)10-27)15-19(26-16)28-4-5-30-21(2,3)20(28)24-15/h6-8,13,18,29H,4-5,9-10H2,1-3H3,(H,22,23)(H,25,26). The van der Waals surface area contributed by atoms with Gasteiger partial charge in [0.05, 0.1) is 12.7 Å². The van der Waals surface area contributed by atoms with Crippen molar-refractivity contribution in [2.24, 2.45) is 4.99 Å². The fourth-order valence-corrected chi connectivity index (χ4v) is 4.60. The lowest BCUT2D eigenvalue weighted by molar-refractivity contribution is -0.0537. The lowest BCUT2D eigenvalue weighted by Gasteiger charge is -2.42. The molecule has 1 saturated heterocycles. The van der Waals surface area contributed by atoms with E-state index >= 15 is 0 Å². The fourth-order valence-electron chi connectivity index (χ4n) is 4.60. The number of aliphatic hydroxyl groups is 1. The molecule has 6 rings (SSSR count). The largest absolute Gasteiger partial charge is 0.390 e. The van der Waals surface area contributed by atoms with Crippen LogP contribution >= 0.6 is 0 Å². The zero-order chi connectivity index (χ0) is 20.6. The number of nitrogens with one attached hydrogen (secondary N) is 2. The van der Waals surface area contributed by atoms with Gasteiger partial charge in [-0.1, -0.05) is 0 Å². The second kappa shape index (κ2) is 6.13. The first-order valence-corrected chi connectivity index (χ1v) is 10.4. The third kappa shape index (κ3) is 2.55. The Hall–Kier alpha value is -2.75. The summed E-state index contributed by atoms with van der Waals surface area (Å²) in [4.78, 5) is 19.9. The number of imidazole rings is 1. The Morgan fingerprint density at radius 1 is 1.30 bits per heavy atom. The van der Waals surface area contributed by atoms with Crippen LogP contribution in [0.1, 0.15) is 42.7 Å². The molecule has 0 amide bonds. The molecule has 0 saturated carbocycles. The van der Waals surface area contributed by atoms with Gasteiger partial charge in [-0.2, -0.15) is 0 Å². The van der Waals surface area contributed by atoms with Crippen LogP contribution in [0, 0.1) is 6.92 Å². The van der Waals surface area contributed by atoms with E-state index in [1.807, 2.05) is 26.2 Å². The van der Waals surface area contributed by atoms with E-state index < -0.39 is 5.60 Å². The highest BCUT2D eigenvalue weighted by Crippen LogP contribution is 2.40. The average molecular weight is 407 g/mol. The number of hydrogen-bond acceptors (Lipinski definition) is 7. The minimum absolute atomic E-state index is 0.146. The molecule has 1 fully saturated rings. The Kier molecular flexibility index (Phi) is 3.69. The molecule has 0 spiro atoms. The number of fused-ring (bicyclic) bond motifs is 4. The van der Waals surface area contributed by atoms with Crippen molar-refractivity contribution >= 4 is 22.7 Å². The Morgan fingerprint density at radius 3 is 2.93 bits per heavy atom. The molecule has 6 heterocycles. The molecule has 156 valence electrons. The number of aryl methyl sites for hydroxylation is 1. The van der Waals surface area contributed by atoms with Crippen LogP contribution in [0.15, 0.2) is 23.5 Å². The molecule has 0 aliphatic carbocycles. The second-order valence-corrected chi connectivity index (χ2v) is 8.86. The number of rotatable bonds is 2. The highest BCUT2D eigenvalue weighted by Gasteiger charge is 2.42. The molecule has 0 bridgehead atoms. The summed E-state index contributed by atoms with van der Waals surface area (Å²) in [7, 11) is 0. The van der Waals surface area contributed by atoms with E-state index in [2.05, 4.69) is 37.7 Å². The van der Waals surface area contributed by atoms with Crippen LogP contribution in [0.2, 0.25) is 0 Å². The maximum Gasteiger partial charge on any atom is 0.161 e. The van der Waals surface area contributed by atoms with Gasteiger partial charge >= 0.3 is 0 Å². The number of H-pyrrole nitrogens is 1. The van der Waals surface area contributed by atoms with Gasteiger partial charge < -0.3 is 24.7 Å². The number of aromatic nitrogens is 4. The third-order valence-corrected chi connectivity index (χ3v) is 6.30. The molecule has 3 aliphatic rings. The van der Waals surface area contributed by atoms with Crippen LogP contribution in [0.5, 0.6) is 0 Å². The number of aliphatic hydroxyl groups excluding tert-OH is 1. The van der Waals surface area contributed by atoms with Gasteiger partial charge in [-0.25, -0.2) is 15.0 Å². The van der Waals surface area contributed by atoms with E-state index in [1.165, 1.54) is 0 Å². The van der Waals surface area contributed by atoms with Crippen molar-refractivity contribution in [1.29, 1.82) is 0 Å². The molecule has 1 atom stereocenters. The first-order chi connectivity index (χ1) is 14.4. The van der Waals surface area contributed by atoms with Gasteiger partial charge in [0.2, 0.25) is 0 Å². The normalized spacial score (nSPS) is 23.5. The number of nitrogens with zero attached hydrogens (tertiary/aromatic N) is 5. The Morgan fingerprint density at radius 2 is 2.13 bits per heavy atom. The van der Waals surface area contributed by atoms with Crippen LogP contribution in [0.4, 0.5) is 5.82 Å². The molecule has 0 aromatic carbocycles. The number of β-amino-alcohol motifs (C(OH)–C–C–N with tert-alkyl or cyclic N) is 1. The van der Waals surface area contributed by atoms with E-state index in [0.29, 0.717) is 19.7 Å². The molecule has 9 heteroatoms. The van der Waals surface area contributed by atoms with E-state index in [-0.39, 0.29) is 12.3 Å². The lowest BCUT2D eigenvalue weighted by atomic mass is 10.1. The van der Waals surface area contributed by atoms with Gasteiger partial charge in [0.15, 0.2) is 5.82 Å². The molecule has 3 aromatic rings. The quantitative estimate of drug-likeness (QED) is 0.597. The van der Waals surface area contributed by atoms with Crippen LogP contribution < -0.4 is 5.32 Å². The smallest absolute Gasteiger partial charge is 0.161 e. The molecule has 0 radical (unpaired) electrons. The summed E-state index contributed by atoms with van der Waals surface area (Å²) >= 11 is 0. The summed E-state index contributed by atoms with van der Waals surface area (Å²) in [5.41, 5.74) is 3.39. The van der Waals surface area contributed by atoms with Crippen molar-refractivity contribution in [1.82, 2.24) is 29.7 Å². The molecular weight excluding hydrogens is 382 g/mol. The first-order valence-electron chi connectivity index (χ1n) is 10.4.